The summed E-state index contributed by atoms with van der Waals surface area (Å²) < 4.78 is 0. The van der Waals surface area contributed by atoms with E-state index in [4.69, 9.17) is 0 Å². The molecule has 0 spiro atoms. The Morgan fingerprint density at radius 1 is 0.935 bits per heavy atom. The van der Waals surface area contributed by atoms with E-state index in [9.17, 15) is 5.11 Å². The smallest absolute Gasteiger partial charge is 0.223 e. The van der Waals surface area contributed by atoms with Crippen molar-refractivity contribution in [3.8, 4) is 23.4 Å². The molecule has 1 saturated carbocycles. The Kier molecular flexibility index (Phi) is 5.25. The van der Waals surface area contributed by atoms with Crippen LogP contribution in [0, 0.1) is 11.8 Å². The molecule has 3 N–H and O–H groups in total. The summed E-state index contributed by atoms with van der Waals surface area (Å²) in [6.45, 7) is 0. The van der Waals surface area contributed by atoms with Gasteiger partial charge >= 0.3 is 0 Å². The fourth-order valence-electron chi connectivity index (χ4n) is 3.65. The number of benzene rings is 1. The van der Waals surface area contributed by atoms with Crippen LogP contribution < -0.4 is 5.32 Å². The molecule has 0 unspecified atom stereocenters. The molecule has 1 fully saturated rings. The van der Waals surface area contributed by atoms with Gasteiger partial charge in [0, 0.05) is 24.0 Å². The van der Waals surface area contributed by atoms with Crippen LogP contribution in [0.3, 0.4) is 0 Å². The molecular weight excluding hydrogens is 390 g/mol. The SMILES string of the molecule is O[C@H]1CC[C@@H](Nc2nccc(-c3nccc(C#Cc4ccc5[nH]cnc5c4)n3)n2)CC1. The molecule has 0 radical (unpaired) electrons. The highest BCUT2D eigenvalue weighted by Gasteiger charge is 2.20. The van der Waals surface area contributed by atoms with Gasteiger partial charge in [-0.15, -0.1) is 0 Å². The predicted molar refractivity (Wildman–Crippen MR) is 117 cm³/mol. The molecule has 31 heavy (non-hydrogen) atoms. The molecular formula is C23H21N7O. The number of nitrogens with zero attached hydrogens (tertiary/aromatic N) is 5. The lowest BCUT2D eigenvalue weighted by atomic mass is 9.93. The first kappa shape index (κ1) is 19.2. The zero-order valence-corrected chi connectivity index (χ0v) is 16.8. The number of fused-ring (bicyclic) bond motifs is 1. The minimum Gasteiger partial charge on any atom is -0.393 e. The summed E-state index contributed by atoms with van der Waals surface area (Å²) in [5.74, 6) is 7.27. The Morgan fingerprint density at radius 2 is 1.81 bits per heavy atom. The van der Waals surface area contributed by atoms with Gasteiger partial charge in [-0.25, -0.2) is 24.9 Å². The number of anilines is 1. The summed E-state index contributed by atoms with van der Waals surface area (Å²) >= 11 is 0. The van der Waals surface area contributed by atoms with Crippen LogP contribution in [0.15, 0.2) is 49.1 Å². The molecule has 4 aromatic rings. The highest BCUT2D eigenvalue weighted by Crippen LogP contribution is 2.21. The first-order valence-corrected chi connectivity index (χ1v) is 10.3. The molecule has 8 nitrogen and oxygen atoms in total. The molecule has 1 aromatic carbocycles. The largest absolute Gasteiger partial charge is 0.393 e. The van der Waals surface area contributed by atoms with Gasteiger partial charge in [-0.05, 0) is 61.9 Å². The van der Waals surface area contributed by atoms with Crippen molar-refractivity contribution >= 4 is 17.0 Å². The first-order valence-electron chi connectivity index (χ1n) is 10.3. The Morgan fingerprint density at radius 3 is 2.71 bits per heavy atom. The van der Waals surface area contributed by atoms with Crippen molar-refractivity contribution in [1.29, 1.82) is 0 Å². The molecule has 0 aliphatic heterocycles. The number of imidazole rings is 1. The molecule has 3 heterocycles. The van der Waals surface area contributed by atoms with E-state index in [1.807, 2.05) is 18.2 Å². The Bertz CT molecular complexity index is 1270. The van der Waals surface area contributed by atoms with Crippen molar-refractivity contribution in [2.75, 3.05) is 5.32 Å². The van der Waals surface area contributed by atoms with Crippen LogP contribution >= 0.6 is 0 Å². The van der Waals surface area contributed by atoms with E-state index in [1.54, 1.807) is 30.9 Å². The van der Waals surface area contributed by atoms with Gasteiger partial charge in [0.15, 0.2) is 5.82 Å². The summed E-state index contributed by atoms with van der Waals surface area (Å²) in [4.78, 5) is 25.1. The lowest BCUT2D eigenvalue weighted by Crippen LogP contribution is -2.28. The zero-order chi connectivity index (χ0) is 21.0. The highest BCUT2D eigenvalue weighted by atomic mass is 16.3. The third-order valence-corrected chi connectivity index (χ3v) is 5.33. The molecule has 8 heteroatoms. The van der Waals surface area contributed by atoms with Crippen LogP contribution in [0.5, 0.6) is 0 Å². The van der Waals surface area contributed by atoms with Gasteiger partial charge in [0.05, 0.1) is 23.5 Å². The normalized spacial score (nSPS) is 18.4. The molecule has 154 valence electrons. The topological polar surface area (TPSA) is 112 Å². The molecule has 0 amide bonds. The number of nitrogens with one attached hydrogen (secondary N) is 2. The van der Waals surface area contributed by atoms with Crippen LogP contribution in [0.4, 0.5) is 5.95 Å². The van der Waals surface area contributed by atoms with E-state index < -0.39 is 0 Å². The van der Waals surface area contributed by atoms with Gasteiger partial charge in [0.25, 0.3) is 0 Å². The van der Waals surface area contributed by atoms with Gasteiger partial charge < -0.3 is 15.4 Å². The maximum absolute atomic E-state index is 9.67. The van der Waals surface area contributed by atoms with Gasteiger partial charge in [-0.2, -0.15) is 0 Å². The van der Waals surface area contributed by atoms with Crippen LogP contribution in [0.1, 0.15) is 36.9 Å². The standard InChI is InChI=1S/C23H21N7O/c31-18-6-4-16(5-7-18)29-23-25-12-10-20(30-23)22-24-11-9-17(28-22)3-1-15-2-8-19-21(13-15)27-14-26-19/h2,8-14,16,18,31H,4-7H2,(H,26,27)(H,25,29,30)/t16-,18+. The van der Waals surface area contributed by atoms with E-state index in [2.05, 4.69) is 47.1 Å². The number of aliphatic hydroxyl groups excluding tert-OH is 1. The Hall–Kier alpha value is -3.83. The second-order valence-electron chi connectivity index (χ2n) is 7.57. The van der Waals surface area contributed by atoms with Gasteiger partial charge in [-0.3, -0.25) is 0 Å². The van der Waals surface area contributed by atoms with Gasteiger partial charge in [0.2, 0.25) is 5.95 Å². The summed E-state index contributed by atoms with van der Waals surface area (Å²) in [5, 5.41) is 13.0. The second kappa shape index (κ2) is 8.50. The summed E-state index contributed by atoms with van der Waals surface area (Å²) in [7, 11) is 0. The fourth-order valence-corrected chi connectivity index (χ4v) is 3.65. The molecule has 1 aliphatic rings. The van der Waals surface area contributed by atoms with E-state index in [-0.39, 0.29) is 12.1 Å². The Balaban J connectivity index is 1.34. The minimum absolute atomic E-state index is 0.191. The lowest BCUT2D eigenvalue weighted by molar-refractivity contribution is 0.126. The molecule has 0 saturated heterocycles. The third-order valence-electron chi connectivity index (χ3n) is 5.33. The number of aliphatic hydroxyl groups is 1. The molecule has 1 aliphatic carbocycles. The van der Waals surface area contributed by atoms with E-state index in [1.165, 1.54) is 0 Å². The van der Waals surface area contributed by atoms with Crippen molar-refractivity contribution < 1.29 is 5.11 Å². The predicted octanol–water partition coefficient (Wildman–Crippen LogP) is 2.93. The average Bonchev–Trinajstić information content (AvgIpc) is 3.28. The zero-order valence-electron chi connectivity index (χ0n) is 16.8. The third kappa shape index (κ3) is 4.52. The van der Waals surface area contributed by atoms with Crippen LogP contribution in [-0.4, -0.2) is 47.2 Å². The second-order valence-corrected chi connectivity index (χ2v) is 7.57. The number of aromatic nitrogens is 6. The van der Waals surface area contributed by atoms with E-state index >= 15 is 0 Å². The fraction of sp³-hybridized carbons (Fsp3) is 0.261. The number of hydrogen-bond donors (Lipinski definition) is 3. The number of hydrogen-bond acceptors (Lipinski definition) is 7. The average molecular weight is 411 g/mol. The Labute approximate surface area is 179 Å². The van der Waals surface area contributed by atoms with Gasteiger partial charge in [-0.1, -0.05) is 5.92 Å². The summed E-state index contributed by atoms with van der Waals surface area (Å²) in [5.41, 5.74) is 3.97. The van der Waals surface area contributed by atoms with E-state index in [0.717, 1.165) is 42.3 Å². The van der Waals surface area contributed by atoms with Crippen LogP contribution in [0.2, 0.25) is 0 Å². The first-order chi connectivity index (χ1) is 15.2. The van der Waals surface area contributed by atoms with Crippen molar-refractivity contribution in [3.05, 3.63) is 60.3 Å². The van der Waals surface area contributed by atoms with Crippen molar-refractivity contribution in [1.82, 2.24) is 29.9 Å². The monoisotopic (exact) mass is 411 g/mol. The number of aromatic amines is 1. The molecule has 0 bridgehead atoms. The van der Waals surface area contributed by atoms with Crippen molar-refractivity contribution in [3.63, 3.8) is 0 Å². The molecule has 0 atom stereocenters. The minimum atomic E-state index is -0.191. The maximum atomic E-state index is 9.67. The highest BCUT2D eigenvalue weighted by molar-refractivity contribution is 5.76. The van der Waals surface area contributed by atoms with E-state index in [0.29, 0.717) is 23.2 Å². The number of H-pyrrole nitrogens is 1. The molecule has 5 rings (SSSR count). The van der Waals surface area contributed by atoms with Crippen molar-refractivity contribution in [2.24, 2.45) is 0 Å². The quantitative estimate of drug-likeness (QED) is 0.444. The van der Waals surface area contributed by atoms with Crippen molar-refractivity contribution in [2.45, 2.75) is 37.8 Å². The van der Waals surface area contributed by atoms with Crippen LogP contribution in [0.25, 0.3) is 22.6 Å². The van der Waals surface area contributed by atoms with Crippen LogP contribution in [-0.2, 0) is 0 Å². The summed E-state index contributed by atoms with van der Waals surface area (Å²) in [6, 6.07) is 9.67. The summed E-state index contributed by atoms with van der Waals surface area (Å²) in [6.07, 6.45) is 8.26. The lowest BCUT2D eigenvalue weighted by Gasteiger charge is -2.26. The molecule has 3 aromatic heterocycles. The number of rotatable bonds is 3. The maximum Gasteiger partial charge on any atom is 0.223 e. The van der Waals surface area contributed by atoms with Gasteiger partial charge in [0.1, 0.15) is 11.4 Å².